The Labute approximate surface area is 166 Å². The number of hydrogen-bond acceptors (Lipinski definition) is 9. The molecule has 0 aromatic heterocycles. The number of aliphatic hydroxyl groups excluding tert-OH is 4. The first-order chi connectivity index (χ1) is 13.9. The fourth-order valence-corrected chi connectivity index (χ4v) is 3.86. The maximum absolute atomic E-state index is 12.1. The number of hydrogen-bond donors (Lipinski definition) is 4. The van der Waals surface area contributed by atoms with E-state index < -0.39 is 49.4 Å². The van der Waals surface area contributed by atoms with Crippen LogP contribution in [-0.4, -0.2) is 70.8 Å². The second-order valence-corrected chi connectivity index (χ2v) is 7.09. The number of cyclic esters (lactones) is 1. The van der Waals surface area contributed by atoms with Gasteiger partial charge in [-0.15, -0.1) is 0 Å². The van der Waals surface area contributed by atoms with Crippen molar-refractivity contribution in [2.75, 3.05) is 13.7 Å². The van der Waals surface area contributed by atoms with E-state index in [4.69, 9.17) is 18.9 Å². The lowest BCUT2D eigenvalue weighted by atomic mass is 9.97. The zero-order valence-electron chi connectivity index (χ0n) is 15.8. The predicted octanol–water partition coefficient (Wildman–Crippen LogP) is 0.258. The second-order valence-electron chi connectivity index (χ2n) is 7.09. The third-order valence-electron chi connectivity index (χ3n) is 5.33. The van der Waals surface area contributed by atoms with Crippen molar-refractivity contribution < 1.29 is 44.2 Å². The van der Waals surface area contributed by atoms with E-state index in [1.165, 1.54) is 7.11 Å². The fourth-order valence-electron chi connectivity index (χ4n) is 3.86. The van der Waals surface area contributed by atoms with E-state index in [-0.39, 0.29) is 5.75 Å². The minimum Gasteiger partial charge on any atom is -0.496 e. The molecule has 0 radical (unpaired) electrons. The van der Waals surface area contributed by atoms with Crippen molar-refractivity contribution in [2.45, 2.75) is 43.7 Å². The van der Waals surface area contributed by atoms with E-state index in [1.54, 1.807) is 31.2 Å². The van der Waals surface area contributed by atoms with Crippen LogP contribution in [0.3, 0.4) is 0 Å². The molecule has 1 saturated heterocycles. The Balaban J connectivity index is 1.79. The van der Waals surface area contributed by atoms with Crippen molar-refractivity contribution in [1.29, 1.82) is 0 Å². The van der Waals surface area contributed by atoms with E-state index in [9.17, 15) is 25.2 Å². The molecular weight excluding hydrogens is 384 g/mol. The average Bonchev–Trinajstić information content (AvgIpc) is 3.00. The molecule has 2 heterocycles. The lowest BCUT2D eigenvalue weighted by molar-refractivity contribution is -0.277. The molecule has 1 fully saturated rings. The van der Waals surface area contributed by atoms with Crippen molar-refractivity contribution >= 4 is 16.7 Å². The summed E-state index contributed by atoms with van der Waals surface area (Å²) in [5, 5.41) is 40.8. The summed E-state index contributed by atoms with van der Waals surface area (Å²) in [4.78, 5) is 12.1. The highest BCUT2D eigenvalue weighted by molar-refractivity contribution is 6.04. The second kappa shape index (κ2) is 7.43. The molecule has 4 N–H and O–H groups in total. The van der Waals surface area contributed by atoms with Crippen LogP contribution in [0.2, 0.25) is 0 Å². The van der Waals surface area contributed by atoms with Crippen molar-refractivity contribution in [1.82, 2.24) is 0 Å². The largest absolute Gasteiger partial charge is 0.496 e. The van der Waals surface area contributed by atoms with Crippen molar-refractivity contribution in [3.63, 3.8) is 0 Å². The van der Waals surface area contributed by atoms with Crippen LogP contribution < -0.4 is 9.47 Å². The van der Waals surface area contributed by atoms with Crippen LogP contribution in [0.15, 0.2) is 24.3 Å². The fraction of sp³-hybridized carbons (Fsp3) is 0.450. The van der Waals surface area contributed by atoms with E-state index in [2.05, 4.69) is 0 Å². The van der Waals surface area contributed by atoms with Gasteiger partial charge in [-0.25, -0.2) is 4.79 Å². The Hall–Kier alpha value is -2.43. The van der Waals surface area contributed by atoms with Gasteiger partial charge in [0.05, 0.1) is 24.7 Å². The zero-order chi connectivity index (χ0) is 20.9. The maximum atomic E-state index is 12.1. The van der Waals surface area contributed by atoms with Crippen molar-refractivity contribution in [2.24, 2.45) is 0 Å². The molecule has 2 aliphatic rings. The minimum atomic E-state index is -1.56. The molecule has 2 aromatic rings. The molecule has 4 rings (SSSR count). The van der Waals surface area contributed by atoms with Gasteiger partial charge in [0.2, 0.25) is 6.29 Å². The Morgan fingerprint density at radius 1 is 1.14 bits per heavy atom. The summed E-state index contributed by atoms with van der Waals surface area (Å²) in [6, 6.07) is 6.77. The lowest BCUT2D eigenvalue weighted by Crippen LogP contribution is -2.60. The number of carbonyl (C=O) groups excluding carboxylic acids is 1. The minimum absolute atomic E-state index is 0.276. The topological polar surface area (TPSA) is 135 Å². The maximum Gasteiger partial charge on any atom is 0.339 e. The molecule has 0 saturated carbocycles. The Kier molecular flexibility index (Phi) is 5.09. The number of esters is 1. The number of methoxy groups -OCH3 is 1. The van der Waals surface area contributed by atoms with Crippen LogP contribution in [0, 0.1) is 0 Å². The van der Waals surface area contributed by atoms with Gasteiger partial charge in [0.25, 0.3) is 0 Å². The summed E-state index contributed by atoms with van der Waals surface area (Å²) in [5.74, 6) is 0.238. The summed E-state index contributed by atoms with van der Waals surface area (Å²) < 4.78 is 22.1. The third-order valence-corrected chi connectivity index (χ3v) is 5.33. The highest BCUT2D eigenvalue weighted by atomic mass is 16.7. The molecule has 0 aliphatic carbocycles. The van der Waals surface area contributed by atoms with Gasteiger partial charge < -0.3 is 39.4 Å². The van der Waals surface area contributed by atoms with Crippen LogP contribution >= 0.6 is 0 Å². The Morgan fingerprint density at radius 3 is 2.59 bits per heavy atom. The Morgan fingerprint density at radius 2 is 1.90 bits per heavy atom. The summed E-state index contributed by atoms with van der Waals surface area (Å²) in [5.41, 5.74) is 1.00. The lowest BCUT2D eigenvalue weighted by Gasteiger charge is -2.39. The van der Waals surface area contributed by atoms with Crippen LogP contribution in [0.1, 0.15) is 28.9 Å². The molecule has 0 amide bonds. The van der Waals surface area contributed by atoms with Crippen molar-refractivity contribution in [3.05, 3.63) is 35.4 Å². The summed E-state index contributed by atoms with van der Waals surface area (Å²) >= 11 is 0. The number of ether oxygens (including phenoxy) is 4. The highest BCUT2D eigenvalue weighted by Crippen LogP contribution is 2.45. The number of fused-ring (bicyclic) bond motifs is 2. The van der Waals surface area contributed by atoms with Crippen LogP contribution in [0.25, 0.3) is 10.8 Å². The number of aliphatic hydroxyl groups is 4. The molecule has 6 atom stereocenters. The van der Waals surface area contributed by atoms with Crippen molar-refractivity contribution in [3.8, 4) is 11.5 Å². The highest BCUT2D eigenvalue weighted by Gasteiger charge is 2.45. The SMILES string of the molecule is COc1c2c(cc3cccc(O[C@@H]4O[C@H](CO)[C@@H](O)[C@H](O)[C@H]4O)c13)C(=O)OC2C. The van der Waals surface area contributed by atoms with Gasteiger partial charge in [0.1, 0.15) is 42.0 Å². The van der Waals surface area contributed by atoms with Gasteiger partial charge in [0, 0.05) is 5.56 Å². The quantitative estimate of drug-likeness (QED) is 0.527. The van der Waals surface area contributed by atoms with Gasteiger partial charge in [-0.2, -0.15) is 0 Å². The van der Waals surface area contributed by atoms with Crippen LogP contribution in [0.4, 0.5) is 0 Å². The van der Waals surface area contributed by atoms with E-state index >= 15 is 0 Å². The predicted molar refractivity (Wildman–Crippen MR) is 98.7 cm³/mol. The smallest absolute Gasteiger partial charge is 0.339 e. The van der Waals surface area contributed by atoms with E-state index in [1.807, 2.05) is 0 Å². The average molecular weight is 406 g/mol. The molecule has 0 bridgehead atoms. The molecule has 2 aliphatic heterocycles. The van der Waals surface area contributed by atoms with Crippen LogP contribution in [-0.2, 0) is 9.47 Å². The molecule has 0 spiro atoms. The number of carbonyl (C=O) groups is 1. The first-order valence-corrected chi connectivity index (χ1v) is 9.19. The molecular formula is C20H22O9. The van der Waals surface area contributed by atoms with Gasteiger partial charge in [-0.3, -0.25) is 0 Å². The Bertz CT molecular complexity index is 941. The standard InChI is InChI=1S/C20H22O9/c1-8-13-10(19(25)27-8)6-9-4-3-5-11(14(9)18(13)26-2)28-20-17(24)16(23)15(22)12(7-21)29-20/h3-6,8,12,15-17,20-24H,7H2,1-2H3/t8?,12-,15-,16+,17-,20-/m1/s1. The number of benzene rings is 2. The molecule has 29 heavy (non-hydrogen) atoms. The summed E-state index contributed by atoms with van der Waals surface area (Å²) in [6.07, 6.45) is -7.53. The molecule has 156 valence electrons. The summed E-state index contributed by atoms with van der Waals surface area (Å²) in [7, 11) is 1.47. The van der Waals surface area contributed by atoms with Gasteiger partial charge >= 0.3 is 5.97 Å². The van der Waals surface area contributed by atoms with Gasteiger partial charge in [-0.1, -0.05) is 12.1 Å². The van der Waals surface area contributed by atoms with Gasteiger partial charge in [-0.05, 0) is 24.4 Å². The van der Waals surface area contributed by atoms with E-state index in [0.717, 1.165) is 0 Å². The molecule has 9 nitrogen and oxygen atoms in total. The van der Waals surface area contributed by atoms with E-state index in [0.29, 0.717) is 27.6 Å². The normalized spacial score (nSPS) is 31.4. The molecule has 1 unspecified atom stereocenters. The first-order valence-electron chi connectivity index (χ1n) is 9.19. The first kappa shape index (κ1) is 19.9. The molecule has 2 aromatic carbocycles. The monoisotopic (exact) mass is 406 g/mol. The molecule has 9 heteroatoms. The van der Waals surface area contributed by atoms with Gasteiger partial charge in [0.15, 0.2) is 0 Å². The summed E-state index contributed by atoms with van der Waals surface area (Å²) in [6.45, 7) is 1.17. The number of rotatable bonds is 4. The van der Waals surface area contributed by atoms with Crippen LogP contribution in [0.5, 0.6) is 11.5 Å². The third kappa shape index (κ3) is 3.11. The zero-order valence-corrected chi connectivity index (χ0v) is 15.8.